The molecule has 1 aliphatic carbocycles. The molecular formula is C18H34BrN. The van der Waals surface area contributed by atoms with Crippen molar-refractivity contribution in [1.82, 2.24) is 5.32 Å². The third kappa shape index (κ3) is 6.05. The van der Waals surface area contributed by atoms with Crippen LogP contribution in [0.25, 0.3) is 0 Å². The van der Waals surface area contributed by atoms with E-state index >= 15 is 0 Å². The molecule has 0 radical (unpaired) electrons. The standard InChI is InChI=1S/C18H34BrN/c1-18(19)13-8-12-17(20-15-9-14-18)16-10-6-4-2-3-5-7-11-16/h16-17,20H,2-15H2,1H3. The Morgan fingerprint density at radius 3 is 2.10 bits per heavy atom. The lowest BCUT2D eigenvalue weighted by Gasteiger charge is -2.28. The minimum absolute atomic E-state index is 0.391. The van der Waals surface area contributed by atoms with Gasteiger partial charge in [-0.05, 0) is 57.9 Å². The molecule has 118 valence electrons. The molecule has 1 saturated heterocycles. The fourth-order valence-electron chi connectivity index (χ4n) is 4.13. The van der Waals surface area contributed by atoms with E-state index in [4.69, 9.17) is 0 Å². The molecule has 2 atom stereocenters. The Morgan fingerprint density at radius 2 is 1.40 bits per heavy atom. The van der Waals surface area contributed by atoms with Crippen molar-refractivity contribution in [1.29, 1.82) is 0 Å². The lowest BCUT2D eigenvalue weighted by Crippen LogP contribution is -2.36. The van der Waals surface area contributed by atoms with Gasteiger partial charge in [-0.1, -0.05) is 60.9 Å². The summed E-state index contributed by atoms with van der Waals surface area (Å²) in [4.78, 5) is 0. The van der Waals surface area contributed by atoms with Crippen LogP contribution in [-0.2, 0) is 0 Å². The van der Waals surface area contributed by atoms with Crippen LogP contribution in [-0.4, -0.2) is 16.9 Å². The predicted molar refractivity (Wildman–Crippen MR) is 92.6 cm³/mol. The van der Waals surface area contributed by atoms with Gasteiger partial charge in [0.1, 0.15) is 0 Å². The Hall–Kier alpha value is 0.440. The molecule has 0 spiro atoms. The van der Waals surface area contributed by atoms with Crippen molar-refractivity contribution in [3.8, 4) is 0 Å². The molecule has 0 bridgehead atoms. The Kier molecular flexibility index (Phi) is 7.38. The lowest BCUT2D eigenvalue weighted by atomic mass is 9.86. The molecule has 2 heteroatoms. The van der Waals surface area contributed by atoms with E-state index in [0.717, 1.165) is 12.0 Å². The van der Waals surface area contributed by atoms with Gasteiger partial charge in [-0.25, -0.2) is 0 Å². The highest BCUT2D eigenvalue weighted by Crippen LogP contribution is 2.33. The van der Waals surface area contributed by atoms with Gasteiger partial charge in [-0.2, -0.15) is 0 Å². The van der Waals surface area contributed by atoms with Gasteiger partial charge in [0, 0.05) is 10.4 Å². The number of rotatable bonds is 1. The Balaban J connectivity index is 1.87. The minimum Gasteiger partial charge on any atom is -0.314 e. The van der Waals surface area contributed by atoms with Gasteiger partial charge < -0.3 is 5.32 Å². The summed E-state index contributed by atoms with van der Waals surface area (Å²) in [5.41, 5.74) is 0. The number of alkyl halides is 1. The molecule has 2 unspecified atom stereocenters. The van der Waals surface area contributed by atoms with Crippen molar-refractivity contribution >= 4 is 15.9 Å². The van der Waals surface area contributed by atoms with Crippen LogP contribution in [0.4, 0.5) is 0 Å². The first-order valence-electron chi connectivity index (χ1n) is 9.10. The van der Waals surface area contributed by atoms with Crippen LogP contribution < -0.4 is 5.32 Å². The van der Waals surface area contributed by atoms with Crippen LogP contribution in [0.2, 0.25) is 0 Å². The van der Waals surface area contributed by atoms with E-state index in [0.29, 0.717) is 4.32 Å². The van der Waals surface area contributed by atoms with Gasteiger partial charge >= 0.3 is 0 Å². The SMILES string of the molecule is CC1(Br)CCCNC(C2CCCCCCCC2)CCC1. The van der Waals surface area contributed by atoms with Crippen molar-refractivity contribution in [3.63, 3.8) is 0 Å². The Labute approximate surface area is 134 Å². The fraction of sp³-hybridized carbons (Fsp3) is 1.00. The van der Waals surface area contributed by atoms with Crippen molar-refractivity contribution in [2.45, 2.75) is 101 Å². The molecule has 0 aromatic heterocycles. The van der Waals surface area contributed by atoms with E-state index in [9.17, 15) is 0 Å². The van der Waals surface area contributed by atoms with Crippen LogP contribution in [0.1, 0.15) is 90.4 Å². The van der Waals surface area contributed by atoms with E-state index in [1.54, 1.807) is 0 Å². The second-order valence-electron chi connectivity index (χ2n) is 7.43. The average molecular weight is 344 g/mol. The second-order valence-corrected chi connectivity index (χ2v) is 9.34. The molecule has 1 heterocycles. The fourth-order valence-corrected chi connectivity index (χ4v) is 4.69. The number of halogens is 1. The maximum Gasteiger partial charge on any atom is 0.0230 e. The topological polar surface area (TPSA) is 12.0 Å². The zero-order valence-electron chi connectivity index (χ0n) is 13.4. The van der Waals surface area contributed by atoms with Crippen LogP contribution in [0.5, 0.6) is 0 Å². The molecule has 1 N–H and O–H groups in total. The molecule has 2 aliphatic rings. The summed E-state index contributed by atoms with van der Waals surface area (Å²) in [5.74, 6) is 0.952. The highest BCUT2D eigenvalue weighted by molar-refractivity contribution is 9.10. The first kappa shape index (κ1) is 16.8. The van der Waals surface area contributed by atoms with Gasteiger partial charge in [-0.15, -0.1) is 0 Å². The lowest BCUT2D eigenvalue weighted by molar-refractivity contribution is 0.289. The molecule has 0 amide bonds. The van der Waals surface area contributed by atoms with Gasteiger partial charge in [0.05, 0.1) is 0 Å². The van der Waals surface area contributed by atoms with Crippen molar-refractivity contribution < 1.29 is 0 Å². The second kappa shape index (κ2) is 8.78. The summed E-state index contributed by atoms with van der Waals surface area (Å²) in [5, 5.41) is 3.92. The van der Waals surface area contributed by atoms with E-state index in [1.165, 1.54) is 90.0 Å². The van der Waals surface area contributed by atoms with Gasteiger partial charge in [0.25, 0.3) is 0 Å². The molecule has 2 fully saturated rings. The summed E-state index contributed by atoms with van der Waals surface area (Å²) < 4.78 is 0.391. The van der Waals surface area contributed by atoms with Crippen LogP contribution in [0, 0.1) is 5.92 Å². The zero-order valence-corrected chi connectivity index (χ0v) is 15.0. The normalized spacial score (nSPS) is 36.0. The highest BCUT2D eigenvalue weighted by atomic mass is 79.9. The van der Waals surface area contributed by atoms with Crippen molar-refractivity contribution in [2.75, 3.05) is 6.54 Å². The number of hydrogen-bond donors (Lipinski definition) is 1. The molecule has 0 aromatic rings. The Bertz CT molecular complexity index is 254. The highest BCUT2D eigenvalue weighted by Gasteiger charge is 2.26. The monoisotopic (exact) mass is 343 g/mol. The zero-order chi connectivity index (χ0) is 14.3. The summed E-state index contributed by atoms with van der Waals surface area (Å²) in [6, 6.07) is 0.800. The smallest absolute Gasteiger partial charge is 0.0230 e. The molecule has 1 saturated carbocycles. The summed E-state index contributed by atoms with van der Waals surface area (Å²) in [6.45, 7) is 3.61. The van der Waals surface area contributed by atoms with E-state index in [2.05, 4.69) is 28.2 Å². The van der Waals surface area contributed by atoms with Crippen LogP contribution >= 0.6 is 15.9 Å². The average Bonchev–Trinajstić information content (AvgIpc) is 2.59. The third-order valence-corrected chi connectivity index (χ3v) is 6.26. The third-order valence-electron chi connectivity index (χ3n) is 5.46. The van der Waals surface area contributed by atoms with Gasteiger partial charge in [0.2, 0.25) is 0 Å². The van der Waals surface area contributed by atoms with E-state index in [1.807, 2.05) is 0 Å². The van der Waals surface area contributed by atoms with E-state index < -0.39 is 0 Å². The van der Waals surface area contributed by atoms with Crippen molar-refractivity contribution in [2.24, 2.45) is 5.92 Å². The summed E-state index contributed by atoms with van der Waals surface area (Å²) >= 11 is 3.93. The van der Waals surface area contributed by atoms with Gasteiger partial charge in [-0.3, -0.25) is 0 Å². The Morgan fingerprint density at radius 1 is 0.800 bits per heavy atom. The van der Waals surface area contributed by atoms with E-state index in [-0.39, 0.29) is 0 Å². The number of nitrogens with one attached hydrogen (secondary N) is 1. The molecule has 20 heavy (non-hydrogen) atoms. The summed E-state index contributed by atoms with van der Waals surface area (Å²) in [7, 11) is 0. The van der Waals surface area contributed by atoms with Crippen LogP contribution in [0.3, 0.4) is 0 Å². The molecular weight excluding hydrogens is 310 g/mol. The summed E-state index contributed by atoms with van der Waals surface area (Å²) in [6.07, 6.45) is 18.6. The molecule has 1 nitrogen and oxygen atoms in total. The largest absolute Gasteiger partial charge is 0.314 e. The van der Waals surface area contributed by atoms with Crippen molar-refractivity contribution in [3.05, 3.63) is 0 Å². The number of hydrogen-bond acceptors (Lipinski definition) is 1. The first-order valence-corrected chi connectivity index (χ1v) is 9.89. The molecule has 0 aromatic carbocycles. The maximum atomic E-state index is 3.93. The minimum atomic E-state index is 0.391. The van der Waals surface area contributed by atoms with Gasteiger partial charge in [0.15, 0.2) is 0 Å². The first-order chi connectivity index (χ1) is 9.67. The molecule has 1 aliphatic heterocycles. The molecule has 2 rings (SSSR count). The van der Waals surface area contributed by atoms with Crippen LogP contribution in [0.15, 0.2) is 0 Å². The predicted octanol–water partition coefficient (Wildman–Crippen LogP) is 5.81. The quantitative estimate of drug-likeness (QED) is 0.592. The maximum absolute atomic E-state index is 3.93.